The van der Waals surface area contributed by atoms with E-state index in [1.807, 2.05) is 0 Å². The number of carbonyl (C=O) groups excluding carboxylic acids is 1. The van der Waals surface area contributed by atoms with Crippen molar-refractivity contribution in [1.29, 1.82) is 0 Å². The van der Waals surface area contributed by atoms with Crippen molar-refractivity contribution >= 4 is 33.3 Å². The summed E-state index contributed by atoms with van der Waals surface area (Å²) in [4.78, 5) is 16.8. The number of benzene rings is 1. The number of hydrogen-bond donors (Lipinski definition) is 2. The Balaban J connectivity index is 1.83. The third-order valence-electron chi connectivity index (χ3n) is 4.50. The largest absolute Gasteiger partial charge is 0.472 e. The summed E-state index contributed by atoms with van der Waals surface area (Å²) in [5.74, 6) is -0.0106. The van der Waals surface area contributed by atoms with E-state index in [9.17, 15) is 13.2 Å². The second-order valence-electron chi connectivity index (χ2n) is 7.07. The summed E-state index contributed by atoms with van der Waals surface area (Å²) < 4.78 is 42.9. The fourth-order valence-corrected chi connectivity index (χ4v) is 4.47. The van der Waals surface area contributed by atoms with E-state index in [4.69, 9.17) is 32.2 Å². The molecule has 1 atom stereocenters. The van der Waals surface area contributed by atoms with Crippen LogP contribution in [0.4, 0.5) is 0 Å². The van der Waals surface area contributed by atoms with E-state index in [2.05, 4.69) is 10.3 Å². The predicted molar refractivity (Wildman–Crippen MR) is 120 cm³/mol. The van der Waals surface area contributed by atoms with Crippen molar-refractivity contribution in [3.63, 3.8) is 0 Å². The first-order valence-corrected chi connectivity index (χ1v) is 11.6. The number of nitrogens with zero attached hydrogens (tertiary/aromatic N) is 2. The van der Waals surface area contributed by atoms with E-state index in [1.165, 1.54) is 40.7 Å². The van der Waals surface area contributed by atoms with Gasteiger partial charge in [-0.15, -0.1) is 0 Å². The minimum Gasteiger partial charge on any atom is -0.472 e. The lowest BCUT2D eigenvalue weighted by Crippen LogP contribution is -2.41. The molecule has 1 fully saturated rings. The Bertz CT molecular complexity index is 1090. The van der Waals surface area contributed by atoms with E-state index < -0.39 is 15.9 Å². The van der Waals surface area contributed by atoms with Gasteiger partial charge in [0.25, 0.3) is 5.91 Å². The van der Waals surface area contributed by atoms with Crippen molar-refractivity contribution in [3.05, 3.63) is 42.0 Å². The fourth-order valence-electron chi connectivity index (χ4n) is 2.86. The van der Waals surface area contributed by atoms with E-state index in [0.717, 1.165) is 6.42 Å². The summed E-state index contributed by atoms with van der Waals surface area (Å²) in [6.07, 6.45) is 0.526. The molecule has 1 aliphatic rings. The maximum Gasteiger partial charge on any atom is 0.257 e. The highest BCUT2D eigenvalue weighted by Crippen LogP contribution is 2.27. The second kappa shape index (κ2) is 10.2. The molecule has 1 saturated heterocycles. The molecule has 0 unspecified atom stereocenters. The highest BCUT2D eigenvalue weighted by Gasteiger charge is 2.29. The number of hydrogen-bond acceptors (Lipinski definition) is 8. The van der Waals surface area contributed by atoms with Gasteiger partial charge in [0, 0.05) is 32.3 Å². The van der Waals surface area contributed by atoms with Gasteiger partial charge in [0.05, 0.1) is 17.1 Å². The molecule has 3 N–H and O–H groups in total. The minimum absolute atomic E-state index is 0.0681. The molecular weight excluding hydrogens is 456 g/mol. The van der Waals surface area contributed by atoms with E-state index in [-0.39, 0.29) is 33.4 Å². The number of amides is 1. The average molecular weight is 481 g/mol. The van der Waals surface area contributed by atoms with Crippen LogP contribution in [0.15, 0.2) is 41.3 Å². The lowest BCUT2D eigenvalue weighted by Gasteiger charge is -2.29. The maximum absolute atomic E-state index is 12.5. The molecule has 1 aliphatic heterocycles. The summed E-state index contributed by atoms with van der Waals surface area (Å²) in [7, 11) is -1.95. The zero-order valence-electron chi connectivity index (χ0n) is 17.6. The molecule has 12 heteroatoms. The van der Waals surface area contributed by atoms with Crippen LogP contribution in [0, 0.1) is 0 Å². The van der Waals surface area contributed by atoms with E-state index in [1.54, 1.807) is 14.0 Å². The molecule has 0 spiro atoms. The number of rotatable bonds is 9. The third kappa shape index (κ3) is 5.91. The topological polar surface area (TPSA) is 133 Å². The number of carbonyl (C=O) groups is 1. The number of aromatic nitrogens is 1. The molecular formula is C20H24N4O6S2. The monoisotopic (exact) mass is 480 g/mol. The molecule has 2 aromatic rings. The summed E-state index contributed by atoms with van der Waals surface area (Å²) in [5, 5.41) is 2.16. The Morgan fingerprint density at radius 1 is 1.25 bits per heavy atom. The summed E-state index contributed by atoms with van der Waals surface area (Å²) in [5.41, 5.74) is 5.55. The van der Waals surface area contributed by atoms with Gasteiger partial charge in [-0.3, -0.25) is 10.1 Å². The van der Waals surface area contributed by atoms with Gasteiger partial charge in [-0.2, -0.15) is 9.29 Å². The quantitative estimate of drug-likeness (QED) is 0.514. The molecule has 1 amide bonds. The highest BCUT2D eigenvalue weighted by molar-refractivity contribution is 7.89. The molecule has 0 radical (unpaired) electrons. The second-order valence-corrected chi connectivity index (χ2v) is 9.44. The number of thiocarbonyl (C=S) groups is 1. The van der Waals surface area contributed by atoms with Crippen LogP contribution >= 0.6 is 12.2 Å². The van der Waals surface area contributed by atoms with Gasteiger partial charge in [0.15, 0.2) is 5.11 Å². The number of sulfonamides is 1. The van der Waals surface area contributed by atoms with Crippen LogP contribution in [0.3, 0.4) is 0 Å². The molecule has 1 aromatic heterocycles. The van der Waals surface area contributed by atoms with Crippen LogP contribution in [-0.2, 0) is 14.8 Å². The zero-order valence-corrected chi connectivity index (χ0v) is 19.2. The summed E-state index contributed by atoms with van der Waals surface area (Å²) in [6.45, 7) is 3.14. The van der Waals surface area contributed by atoms with Crippen LogP contribution in [0.1, 0.15) is 23.7 Å². The lowest BCUT2D eigenvalue weighted by molar-refractivity contribution is 0.0880. The Kier molecular flexibility index (Phi) is 7.61. The fraction of sp³-hybridized carbons (Fsp3) is 0.350. The highest BCUT2D eigenvalue weighted by atomic mass is 32.2. The van der Waals surface area contributed by atoms with E-state index in [0.29, 0.717) is 25.4 Å². The lowest BCUT2D eigenvalue weighted by atomic mass is 10.2. The normalized spacial score (nSPS) is 14.8. The van der Waals surface area contributed by atoms with Crippen molar-refractivity contribution in [2.75, 3.05) is 26.8 Å². The molecule has 0 aliphatic carbocycles. The average Bonchev–Trinajstić information content (AvgIpc) is 2.66. The summed E-state index contributed by atoms with van der Waals surface area (Å²) in [6, 6.07) is 8.78. The Morgan fingerprint density at radius 2 is 1.91 bits per heavy atom. The van der Waals surface area contributed by atoms with Gasteiger partial charge >= 0.3 is 0 Å². The van der Waals surface area contributed by atoms with Crippen LogP contribution in [0.25, 0.3) is 0 Å². The first-order chi connectivity index (χ1) is 15.2. The Morgan fingerprint density at radius 3 is 2.47 bits per heavy atom. The van der Waals surface area contributed by atoms with Crippen LogP contribution in [-0.4, -0.2) is 61.6 Å². The maximum atomic E-state index is 12.5. The standard InChI is InChI=1S/C20H24N4O6S2/c1-13(12-28-2)29-17-10-14(19(25)23-20(21)31)11-18(22-17)30-15-4-6-16(7-5-15)32(26,27)24-8-3-9-24/h4-7,10-11,13H,3,8-9,12H2,1-2H3,(H3,21,23,25,31)/t13-/m1/s1. The van der Waals surface area contributed by atoms with Gasteiger partial charge in [-0.05, 0) is 49.8 Å². The molecule has 2 heterocycles. The van der Waals surface area contributed by atoms with Gasteiger partial charge < -0.3 is 19.9 Å². The number of ether oxygens (including phenoxy) is 3. The van der Waals surface area contributed by atoms with Gasteiger partial charge in [-0.25, -0.2) is 8.42 Å². The van der Waals surface area contributed by atoms with Gasteiger partial charge in [-0.1, -0.05) is 0 Å². The third-order valence-corrected chi connectivity index (χ3v) is 6.51. The van der Waals surface area contributed by atoms with Gasteiger partial charge in [0.1, 0.15) is 11.9 Å². The molecule has 32 heavy (non-hydrogen) atoms. The zero-order chi connectivity index (χ0) is 23.3. The van der Waals surface area contributed by atoms with Crippen LogP contribution in [0.5, 0.6) is 17.5 Å². The number of methoxy groups -OCH3 is 1. The Labute approximate surface area is 191 Å². The molecule has 10 nitrogen and oxygen atoms in total. The predicted octanol–water partition coefficient (Wildman–Crippen LogP) is 1.66. The SMILES string of the molecule is COC[C@@H](C)Oc1cc(C(=O)NC(N)=S)cc(Oc2ccc(S(=O)(=O)N3CCC3)cc2)n1. The van der Waals surface area contributed by atoms with Crippen molar-refractivity contribution < 1.29 is 27.4 Å². The van der Waals surface area contributed by atoms with Crippen LogP contribution < -0.4 is 20.5 Å². The smallest absolute Gasteiger partial charge is 0.257 e. The first kappa shape index (κ1) is 23.9. The number of nitrogens with one attached hydrogen (secondary N) is 1. The first-order valence-electron chi connectivity index (χ1n) is 9.75. The van der Waals surface area contributed by atoms with Crippen molar-refractivity contribution in [1.82, 2.24) is 14.6 Å². The van der Waals surface area contributed by atoms with E-state index >= 15 is 0 Å². The Hall–Kier alpha value is -2.80. The molecule has 3 rings (SSSR count). The number of pyridine rings is 1. The molecule has 0 bridgehead atoms. The summed E-state index contributed by atoms with van der Waals surface area (Å²) >= 11 is 4.72. The number of nitrogens with two attached hydrogens (primary N) is 1. The van der Waals surface area contributed by atoms with Gasteiger partial charge in [0.2, 0.25) is 21.8 Å². The minimum atomic E-state index is -3.49. The van der Waals surface area contributed by atoms with Crippen molar-refractivity contribution in [3.8, 4) is 17.5 Å². The molecule has 172 valence electrons. The van der Waals surface area contributed by atoms with Crippen molar-refractivity contribution in [2.45, 2.75) is 24.3 Å². The van der Waals surface area contributed by atoms with Crippen LogP contribution in [0.2, 0.25) is 0 Å². The van der Waals surface area contributed by atoms with Crippen molar-refractivity contribution in [2.24, 2.45) is 5.73 Å². The molecule has 0 saturated carbocycles. The molecule has 1 aromatic carbocycles.